The lowest BCUT2D eigenvalue weighted by Crippen LogP contribution is -2.47. The van der Waals surface area contributed by atoms with Crippen LogP contribution in [0.3, 0.4) is 0 Å². The Kier molecular flexibility index (Phi) is 2.49. The van der Waals surface area contributed by atoms with Crippen LogP contribution in [0.4, 0.5) is 0 Å². The zero-order chi connectivity index (χ0) is 11.0. The van der Waals surface area contributed by atoms with E-state index < -0.39 is 0 Å². The minimum absolute atomic E-state index is 0.464. The molecule has 4 heteroatoms. The topological polar surface area (TPSA) is 44.9 Å². The van der Waals surface area contributed by atoms with Crippen molar-refractivity contribution in [2.24, 2.45) is 0 Å². The first kappa shape index (κ1) is 10.2. The molecule has 0 aromatic carbocycles. The van der Waals surface area contributed by atoms with E-state index in [0.29, 0.717) is 6.04 Å². The average molecular weight is 204 g/mol. The van der Waals surface area contributed by atoms with E-state index in [-0.39, 0.29) is 0 Å². The molecule has 1 fully saturated rings. The van der Waals surface area contributed by atoms with E-state index >= 15 is 0 Å². The van der Waals surface area contributed by atoms with Crippen molar-refractivity contribution in [3.8, 4) is 6.07 Å². The van der Waals surface area contributed by atoms with Crippen LogP contribution in [0.15, 0.2) is 0 Å². The smallest absolute Gasteiger partial charge is 0.103 e. The number of rotatable bonds is 2. The van der Waals surface area contributed by atoms with Gasteiger partial charge in [0.15, 0.2) is 0 Å². The van der Waals surface area contributed by atoms with Gasteiger partial charge in [0.05, 0.1) is 23.0 Å². The lowest BCUT2D eigenvalue weighted by molar-refractivity contribution is 0.104. The standard InChI is InChI=1S/C11H16N4/c1-4-14-6-10(7-14)15-9(3)11(5-12)8(2)13-15/h10H,4,6-7H2,1-3H3. The third-order valence-corrected chi connectivity index (χ3v) is 3.17. The Hall–Kier alpha value is -1.34. The Labute approximate surface area is 90.1 Å². The summed E-state index contributed by atoms with van der Waals surface area (Å²) in [4.78, 5) is 2.37. The fraction of sp³-hybridized carbons (Fsp3) is 0.636. The van der Waals surface area contributed by atoms with Crippen LogP contribution in [0.5, 0.6) is 0 Å². The molecule has 1 aliphatic rings. The third-order valence-electron chi connectivity index (χ3n) is 3.17. The SMILES string of the molecule is CCN1CC(n2nc(C)c(C#N)c2C)C1. The van der Waals surface area contributed by atoms with Gasteiger partial charge in [-0.25, -0.2) is 0 Å². The van der Waals surface area contributed by atoms with Gasteiger partial charge in [-0.1, -0.05) is 6.92 Å². The first-order valence-corrected chi connectivity index (χ1v) is 5.35. The quantitative estimate of drug-likeness (QED) is 0.728. The van der Waals surface area contributed by atoms with Crippen LogP contribution < -0.4 is 0 Å². The van der Waals surface area contributed by atoms with E-state index in [1.165, 1.54) is 0 Å². The van der Waals surface area contributed by atoms with Crippen LogP contribution in [0.2, 0.25) is 0 Å². The fourth-order valence-corrected chi connectivity index (χ4v) is 2.14. The minimum Gasteiger partial charge on any atom is -0.299 e. The number of likely N-dealkylation sites (tertiary alicyclic amines) is 1. The Bertz CT molecular complexity index is 407. The molecule has 4 nitrogen and oxygen atoms in total. The summed E-state index contributed by atoms with van der Waals surface area (Å²) in [6.07, 6.45) is 0. The van der Waals surface area contributed by atoms with Crippen molar-refractivity contribution in [1.29, 1.82) is 5.26 Å². The number of nitrogens with zero attached hydrogens (tertiary/aromatic N) is 4. The van der Waals surface area contributed by atoms with Gasteiger partial charge in [0.1, 0.15) is 6.07 Å². The van der Waals surface area contributed by atoms with Crippen molar-refractivity contribution in [3.63, 3.8) is 0 Å². The largest absolute Gasteiger partial charge is 0.299 e. The van der Waals surface area contributed by atoms with Crippen molar-refractivity contribution in [2.75, 3.05) is 19.6 Å². The van der Waals surface area contributed by atoms with E-state index in [0.717, 1.165) is 36.6 Å². The molecular formula is C11H16N4. The van der Waals surface area contributed by atoms with Crippen molar-refractivity contribution in [2.45, 2.75) is 26.8 Å². The Morgan fingerprint density at radius 3 is 2.60 bits per heavy atom. The van der Waals surface area contributed by atoms with Gasteiger partial charge in [-0.15, -0.1) is 0 Å². The highest BCUT2D eigenvalue weighted by molar-refractivity contribution is 5.37. The summed E-state index contributed by atoms with van der Waals surface area (Å²) in [6, 6.07) is 2.68. The van der Waals surface area contributed by atoms with Crippen LogP contribution >= 0.6 is 0 Å². The molecule has 1 aromatic heterocycles. The number of aromatic nitrogens is 2. The zero-order valence-electron chi connectivity index (χ0n) is 9.49. The van der Waals surface area contributed by atoms with Crippen LogP contribution in [0, 0.1) is 25.2 Å². The van der Waals surface area contributed by atoms with E-state index in [2.05, 4.69) is 23.0 Å². The molecule has 1 aromatic rings. The summed E-state index contributed by atoms with van der Waals surface area (Å²) in [5, 5.41) is 13.4. The van der Waals surface area contributed by atoms with Crippen LogP contribution in [-0.4, -0.2) is 34.3 Å². The van der Waals surface area contributed by atoms with Gasteiger partial charge in [-0.05, 0) is 20.4 Å². The number of hydrogen-bond acceptors (Lipinski definition) is 3. The van der Waals surface area contributed by atoms with E-state index in [9.17, 15) is 0 Å². The second-order valence-corrected chi connectivity index (χ2v) is 4.11. The van der Waals surface area contributed by atoms with Crippen LogP contribution in [0.25, 0.3) is 0 Å². The molecule has 0 radical (unpaired) electrons. The molecule has 0 saturated carbocycles. The number of likely N-dealkylation sites (N-methyl/N-ethyl adjacent to an activating group) is 1. The monoisotopic (exact) mass is 204 g/mol. The predicted octanol–water partition coefficient (Wildman–Crippen LogP) is 1.25. The number of nitriles is 1. The van der Waals surface area contributed by atoms with Gasteiger partial charge in [0.2, 0.25) is 0 Å². The predicted molar refractivity (Wildman–Crippen MR) is 57.6 cm³/mol. The van der Waals surface area contributed by atoms with Gasteiger partial charge in [0.25, 0.3) is 0 Å². The molecule has 1 saturated heterocycles. The molecule has 0 bridgehead atoms. The Morgan fingerprint density at radius 2 is 2.13 bits per heavy atom. The number of aryl methyl sites for hydroxylation is 1. The Balaban J connectivity index is 2.21. The molecule has 0 amide bonds. The minimum atomic E-state index is 0.464. The molecule has 0 unspecified atom stereocenters. The second-order valence-electron chi connectivity index (χ2n) is 4.11. The summed E-state index contributed by atoms with van der Waals surface area (Å²) in [6.45, 7) is 9.26. The van der Waals surface area contributed by atoms with Gasteiger partial charge < -0.3 is 0 Å². The summed E-state index contributed by atoms with van der Waals surface area (Å²) >= 11 is 0. The number of hydrogen-bond donors (Lipinski definition) is 0. The third kappa shape index (κ3) is 1.53. The van der Waals surface area contributed by atoms with Gasteiger partial charge in [-0.3, -0.25) is 9.58 Å². The molecule has 0 spiro atoms. The molecular weight excluding hydrogens is 188 g/mol. The molecule has 0 aliphatic carbocycles. The average Bonchev–Trinajstić information content (AvgIpc) is 2.41. The molecule has 15 heavy (non-hydrogen) atoms. The van der Waals surface area contributed by atoms with E-state index in [1.54, 1.807) is 0 Å². The van der Waals surface area contributed by atoms with Gasteiger partial charge in [0, 0.05) is 13.1 Å². The van der Waals surface area contributed by atoms with Crippen molar-refractivity contribution in [1.82, 2.24) is 14.7 Å². The lowest BCUT2D eigenvalue weighted by Gasteiger charge is -2.39. The van der Waals surface area contributed by atoms with Crippen molar-refractivity contribution in [3.05, 3.63) is 17.0 Å². The highest BCUT2D eigenvalue weighted by Crippen LogP contribution is 2.24. The van der Waals surface area contributed by atoms with Crippen molar-refractivity contribution >= 4 is 0 Å². The molecule has 1 aliphatic heterocycles. The zero-order valence-corrected chi connectivity index (χ0v) is 9.49. The molecule has 2 heterocycles. The lowest BCUT2D eigenvalue weighted by atomic mass is 10.1. The first-order chi connectivity index (χ1) is 7.17. The second kappa shape index (κ2) is 3.67. The van der Waals surface area contributed by atoms with Gasteiger partial charge in [-0.2, -0.15) is 10.4 Å². The van der Waals surface area contributed by atoms with Crippen LogP contribution in [0.1, 0.15) is 29.9 Å². The summed E-state index contributed by atoms with van der Waals surface area (Å²) < 4.78 is 2.01. The van der Waals surface area contributed by atoms with Crippen LogP contribution in [-0.2, 0) is 0 Å². The highest BCUT2D eigenvalue weighted by Gasteiger charge is 2.29. The first-order valence-electron chi connectivity index (χ1n) is 5.35. The maximum absolute atomic E-state index is 8.97. The maximum Gasteiger partial charge on any atom is 0.103 e. The Morgan fingerprint density at radius 1 is 1.47 bits per heavy atom. The molecule has 2 rings (SSSR count). The normalized spacial score (nSPS) is 17.5. The van der Waals surface area contributed by atoms with E-state index in [4.69, 9.17) is 5.26 Å². The van der Waals surface area contributed by atoms with Crippen molar-refractivity contribution < 1.29 is 0 Å². The highest BCUT2D eigenvalue weighted by atomic mass is 15.4. The summed E-state index contributed by atoms with van der Waals surface area (Å²) in [5.41, 5.74) is 2.60. The summed E-state index contributed by atoms with van der Waals surface area (Å²) in [5.74, 6) is 0. The van der Waals surface area contributed by atoms with Gasteiger partial charge >= 0.3 is 0 Å². The molecule has 0 N–H and O–H groups in total. The molecule has 80 valence electrons. The maximum atomic E-state index is 8.97. The fourth-order valence-electron chi connectivity index (χ4n) is 2.14. The molecule has 0 atom stereocenters. The van der Waals surface area contributed by atoms with E-state index in [1.807, 2.05) is 18.5 Å². The summed E-state index contributed by atoms with van der Waals surface area (Å²) in [7, 11) is 0.